The number of nitriles is 1. The number of hydrogen-bond acceptors (Lipinski definition) is 6. The molecule has 0 bridgehead atoms. The highest BCUT2D eigenvalue weighted by molar-refractivity contribution is 7.17. The van der Waals surface area contributed by atoms with Gasteiger partial charge in [0.05, 0.1) is 23.9 Å². The first-order chi connectivity index (χ1) is 11.1. The number of aromatic nitrogens is 1. The zero-order chi connectivity index (χ0) is 16.8. The lowest BCUT2D eigenvalue weighted by Crippen LogP contribution is -2.11. The van der Waals surface area contributed by atoms with Crippen molar-refractivity contribution >= 4 is 28.3 Å². The second kappa shape index (κ2) is 7.51. The van der Waals surface area contributed by atoms with E-state index in [1.165, 1.54) is 0 Å². The van der Waals surface area contributed by atoms with Crippen LogP contribution in [0.2, 0.25) is 0 Å². The van der Waals surface area contributed by atoms with Crippen LogP contribution in [0.15, 0.2) is 24.3 Å². The predicted molar refractivity (Wildman–Crippen MR) is 86.6 cm³/mol. The van der Waals surface area contributed by atoms with Crippen LogP contribution in [-0.4, -0.2) is 23.5 Å². The van der Waals surface area contributed by atoms with E-state index in [2.05, 4.69) is 10.3 Å². The normalized spacial score (nSPS) is 9.96. The molecule has 1 aromatic heterocycles. The van der Waals surface area contributed by atoms with E-state index in [1.54, 1.807) is 31.2 Å². The van der Waals surface area contributed by atoms with Crippen LogP contribution >= 0.6 is 11.3 Å². The van der Waals surface area contributed by atoms with Crippen molar-refractivity contribution in [1.29, 1.82) is 5.26 Å². The summed E-state index contributed by atoms with van der Waals surface area (Å²) < 4.78 is 4.99. The number of carbonyl (C=O) groups is 2. The van der Waals surface area contributed by atoms with Crippen LogP contribution in [-0.2, 0) is 11.2 Å². The molecule has 0 aliphatic rings. The van der Waals surface area contributed by atoms with Crippen molar-refractivity contribution in [2.45, 2.75) is 20.3 Å². The quantitative estimate of drug-likeness (QED) is 0.851. The van der Waals surface area contributed by atoms with E-state index in [0.29, 0.717) is 33.3 Å². The van der Waals surface area contributed by atoms with Gasteiger partial charge in [-0.1, -0.05) is 18.3 Å². The Morgan fingerprint density at radius 2 is 2.00 bits per heavy atom. The molecule has 7 heteroatoms. The van der Waals surface area contributed by atoms with Crippen LogP contribution in [0.3, 0.4) is 0 Å². The van der Waals surface area contributed by atoms with Crippen molar-refractivity contribution in [1.82, 2.24) is 4.98 Å². The number of esters is 1. The van der Waals surface area contributed by atoms with E-state index < -0.39 is 5.97 Å². The molecule has 0 spiro atoms. The van der Waals surface area contributed by atoms with Crippen LogP contribution in [0, 0.1) is 11.3 Å². The number of rotatable bonds is 5. The number of carbonyl (C=O) groups excluding carboxylic acids is 2. The van der Waals surface area contributed by atoms with Crippen molar-refractivity contribution in [3.8, 4) is 6.07 Å². The first-order valence-corrected chi connectivity index (χ1v) is 7.89. The van der Waals surface area contributed by atoms with Crippen LogP contribution in [0.5, 0.6) is 0 Å². The number of hydrogen-bond donors (Lipinski definition) is 1. The molecule has 1 N–H and O–H groups in total. The lowest BCUT2D eigenvalue weighted by Gasteiger charge is -2.01. The third-order valence-electron chi connectivity index (χ3n) is 2.99. The maximum absolute atomic E-state index is 12.2. The second-order valence-corrected chi connectivity index (χ2v) is 5.51. The summed E-state index contributed by atoms with van der Waals surface area (Å²) in [4.78, 5) is 28.7. The zero-order valence-corrected chi connectivity index (χ0v) is 13.6. The molecule has 2 rings (SSSR count). The summed E-state index contributed by atoms with van der Waals surface area (Å²) in [7, 11) is 0. The Morgan fingerprint density at radius 3 is 2.57 bits per heavy atom. The van der Waals surface area contributed by atoms with Crippen LogP contribution in [0.25, 0.3) is 0 Å². The smallest absolute Gasteiger partial charge is 0.350 e. The van der Waals surface area contributed by atoms with E-state index in [0.717, 1.165) is 11.3 Å². The highest BCUT2D eigenvalue weighted by Gasteiger charge is 2.19. The van der Waals surface area contributed by atoms with Crippen molar-refractivity contribution in [3.63, 3.8) is 0 Å². The summed E-state index contributed by atoms with van der Waals surface area (Å²) in [6.07, 6.45) is 0.567. The molecule has 1 heterocycles. The van der Waals surface area contributed by atoms with Gasteiger partial charge in [0.15, 0.2) is 5.13 Å². The predicted octanol–water partition coefficient (Wildman–Crippen LogP) is 3.01. The summed E-state index contributed by atoms with van der Waals surface area (Å²) >= 11 is 1.09. The summed E-state index contributed by atoms with van der Waals surface area (Å²) in [5.41, 5.74) is 1.49. The number of thiazole rings is 1. The van der Waals surface area contributed by atoms with E-state index in [1.807, 2.05) is 13.0 Å². The number of amides is 1. The monoisotopic (exact) mass is 329 g/mol. The molecule has 0 saturated heterocycles. The van der Waals surface area contributed by atoms with Gasteiger partial charge in [0.1, 0.15) is 4.88 Å². The molecule has 0 atom stereocenters. The fourth-order valence-electron chi connectivity index (χ4n) is 1.87. The number of aryl methyl sites for hydroxylation is 1. The average molecular weight is 329 g/mol. The third kappa shape index (κ3) is 3.93. The molecular formula is C16H15N3O3S. The molecule has 0 unspecified atom stereocenters. The minimum atomic E-state index is -0.430. The van der Waals surface area contributed by atoms with Gasteiger partial charge in [-0.05, 0) is 37.6 Å². The van der Waals surface area contributed by atoms with Gasteiger partial charge in [-0.3, -0.25) is 10.1 Å². The van der Waals surface area contributed by atoms with Gasteiger partial charge in [0.25, 0.3) is 5.91 Å². The molecule has 23 heavy (non-hydrogen) atoms. The fourth-order valence-corrected chi connectivity index (χ4v) is 2.81. The fraction of sp³-hybridized carbons (Fsp3) is 0.250. The topological polar surface area (TPSA) is 92.1 Å². The van der Waals surface area contributed by atoms with Gasteiger partial charge in [-0.15, -0.1) is 0 Å². The second-order valence-electron chi connectivity index (χ2n) is 4.51. The van der Waals surface area contributed by atoms with Gasteiger partial charge < -0.3 is 4.74 Å². The number of nitrogens with one attached hydrogen (secondary N) is 1. The minimum absolute atomic E-state index is 0.285. The van der Waals surface area contributed by atoms with Gasteiger partial charge in [-0.2, -0.15) is 5.26 Å². The van der Waals surface area contributed by atoms with Gasteiger partial charge in [0.2, 0.25) is 0 Å². The largest absolute Gasteiger partial charge is 0.462 e. The summed E-state index contributed by atoms with van der Waals surface area (Å²) in [5.74, 6) is -0.776. The van der Waals surface area contributed by atoms with Crippen molar-refractivity contribution < 1.29 is 14.3 Å². The molecular weight excluding hydrogens is 314 g/mol. The first kappa shape index (κ1) is 16.6. The van der Waals surface area contributed by atoms with E-state index >= 15 is 0 Å². The Balaban J connectivity index is 2.17. The number of benzene rings is 1. The van der Waals surface area contributed by atoms with Crippen LogP contribution in [0.4, 0.5) is 5.13 Å². The zero-order valence-electron chi connectivity index (χ0n) is 12.8. The van der Waals surface area contributed by atoms with Gasteiger partial charge in [0, 0.05) is 5.56 Å². The Hall–Kier alpha value is -2.72. The molecule has 1 amide bonds. The van der Waals surface area contributed by atoms with Gasteiger partial charge in [-0.25, -0.2) is 9.78 Å². The summed E-state index contributed by atoms with van der Waals surface area (Å²) in [5, 5.41) is 11.8. The number of ether oxygens (including phenoxy) is 1. The first-order valence-electron chi connectivity index (χ1n) is 7.07. The lowest BCUT2D eigenvalue weighted by atomic mass is 10.1. The third-order valence-corrected chi connectivity index (χ3v) is 3.98. The maximum Gasteiger partial charge on any atom is 0.350 e. The Labute approximate surface area is 137 Å². The number of nitrogens with zero attached hydrogens (tertiary/aromatic N) is 2. The maximum atomic E-state index is 12.2. The van der Waals surface area contributed by atoms with Crippen molar-refractivity contribution in [2.75, 3.05) is 11.9 Å². The molecule has 1 aromatic carbocycles. The van der Waals surface area contributed by atoms with Crippen molar-refractivity contribution in [3.05, 3.63) is 46.0 Å². The minimum Gasteiger partial charge on any atom is -0.462 e. The highest BCUT2D eigenvalue weighted by atomic mass is 32.1. The van der Waals surface area contributed by atoms with Crippen molar-refractivity contribution in [2.24, 2.45) is 0 Å². The highest BCUT2D eigenvalue weighted by Crippen LogP contribution is 2.25. The molecule has 2 aromatic rings. The molecule has 118 valence electrons. The van der Waals surface area contributed by atoms with E-state index in [9.17, 15) is 9.59 Å². The van der Waals surface area contributed by atoms with Crippen LogP contribution < -0.4 is 5.32 Å². The Morgan fingerprint density at radius 1 is 1.30 bits per heavy atom. The number of anilines is 1. The Bertz CT molecular complexity index is 760. The average Bonchev–Trinajstić information content (AvgIpc) is 2.98. The van der Waals surface area contributed by atoms with E-state index in [4.69, 9.17) is 10.00 Å². The molecule has 0 aliphatic carbocycles. The lowest BCUT2D eigenvalue weighted by molar-refractivity contribution is 0.0530. The molecule has 0 radical (unpaired) electrons. The SMILES string of the molecule is CCOC(=O)c1sc(NC(=O)c2ccc(C#N)cc2)nc1CC. The molecule has 0 saturated carbocycles. The Kier molecular flexibility index (Phi) is 5.44. The molecule has 0 aliphatic heterocycles. The molecule has 0 fully saturated rings. The van der Waals surface area contributed by atoms with Crippen LogP contribution in [0.1, 0.15) is 45.1 Å². The summed E-state index contributed by atoms with van der Waals surface area (Å²) in [6.45, 7) is 3.90. The summed E-state index contributed by atoms with van der Waals surface area (Å²) in [6, 6.07) is 8.26. The van der Waals surface area contributed by atoms with Gasteiger partial charge >= 0.3 is 5.97 Å². The van der Waals surface area contributed by atoms with E-state index in [-0.39, 0.29) is 12.5 Å². The standard InChI is InChI=1S/C16H15N3O3S/c1-3-12-13(15(21)22-4-2)23-16(18-12)19-14(20)11-7-5-10(9-17)6-8-11/h5-8H,3-4H2,1-2H3,(H,18,19,20). The molecule has 6 nitrogen and oxygen atoms in total.